The van der Waals surface area contributed by atoms with Gasteiger partial charge in [-0.15, -0.1) is 0 Å². The molecule has 1 heterocycles. The lowest BCUT2D eigenvalue weighted by Crippen LogP contribution is -2.09. The van der Waals surface area contributed by atoms with E-state index in [1.165, 1.54) is 5.57 Å². The van der Waals surface area contributed by atoms with Gasteiger partial charge in [-0.05, 0) is 30.7 Å². The van der Waals surface area contributed by atoms with Gasteiger partial charge in [0.1, 0.15) is 5.75 Å². The summed E-state index contributed by atoms with van der Waals surface area (Å²) in [5, 5.41) is 0. The molecule has 0 bridgehead atoms. The van der Waals surface area contributed by atoms with Gasteiger partial charge in [0.05, 0.1) is 6.26 Å². The number of benzene rings is 1. The van der Waals surface area contributed by atoms with Crippen LogP contribution in [0.3, 0.4) is 0 Å². The van der Waals surface area contributed by atoms with Crippen LogP contribution < -0.4 is 9.64 Å². The van der Waals surface area contributed by atoms with E-state index >= 15 is 0 Å². The Hall–Kier alpha value is -1.70. The van der Waals surface area contributed by atoms with Crippen LogP contribution in [-0.2, 0) is 0 Å². The van der Waals surface area contributed by atoms with Crippen LogP contribution in [0.15, 0.2) is 36.6 Å². The Labute approximate surface area is 90.5 Å². The number of allylic oxidation sites excluding steroid dienone is 3. The number of hydrogen-bond donors (Lipinski definition) is 0. The second-order valence-electron chi connectivity index (χ2n) is 3.74. The molecule has 2 heteroatoms. The normalized spacial score (nSPS) is 16.1. The summed E-state index contributed by atoms with van der Waals surface area (Å²) in [6, 6.07) is 6.26. The van der Waals surface area contributed by atoms with Gasteiger partial charge >= 0.3 is 0 Å². The second kappa shape index (κ2) is 3.81. The van der Waals surface area contributed by atoms with E-state index in [4.69, 9.17) is 4.74 Å². The van der Waals surface area contributed by atoms with Gasteiger partial charge in [0.15, 0.2) is 0 Å². The van der Waals surface area contributed by atoms with Crippen molar-refractivity contribution in [1.82, 2.24) is 0 Å². The zero-order valence-corrected chi connectivity index (χ0v) is 9.32. The van der Waals surface area contributed by atoms with E-state index in [0.29, 0.717) is 0 Å². The average molecular weight is 201 g/mol. The van der Waals surface area contributed by atoms with Crippen molar-refractivity contribution in [2.45, 2.75) is 6.92 Å². The molecule has 0 fully saturated rings. The van der Waals surface area contributed by atoms with E-state index in [-0.39, 0.29) is 0 Å². The maximum Gasteiger partial charge on any atom is 0.136 e. The van der Waals surface area contributed by atoms with E-state index in [9.17, 15) is 0 Å². The molecule has 1 aromatic rings. The first-order valence-corrected chi connectivity index (χ1v) is 5.03. The summed E-state index contributed by atoms with van der Waals surface area (Å²) in [6.07, 6.45) is 5.81. The van der Waals surface area contributed by atoms with E-state index < -0.39 is 0 Å². The number of fused-ring (bicyclic) bond motifs is 1. The number of anilines is 1. The first kappa shape index (κ1) is 9.84. The summed E-state index contributed by atoms with van der Waals surface area (Å²) in [6.45, 7) is 2.04. The molecule has 0 radical (unpaired) electrons. The van der Waals surface area contributed by atoms with Crippen LogP contribution in [0.2, 0.25) is 0 Å². The Morgan fingerprint density at radius 3 is 2.73 bits per heavy atom. The fourth-order valence-corrected chi connectivity index (χ4v) is 1.65. The average Bonchev–Trinajstić information content (AvgIpc) is 2.27. The quantitative estimate of drug-likeness (QED) is 0.692. The molecule has 2 nitrogen and oxygen atoms in total. The molecule has 1 aromatic carbocycles. The van der Waals surface area contributed by atoms with Gasteiger partial charge in [-0.25, -0.2) is 0 Å². The molecule has 15 heavy (non-hydrogen) atoms. The number of rotatable bonds is 1. The molecular weight excluding hydrogens is 186 g/mol. The van der Waals surface area contributed by atoms with Crippen LogP contribution in [0.25, 0.3) is 5.57 Å². The van der Waals surface area contributed by atoms with Crippen LogP contribution >= 0.6 is 0 Å². The topological polar surface area (TPSA) is 12.5 Å². The summed E-state index contributed by atoms with van der Waals surface area (Å²) in [5.41, 5.74) is 3.52. The molecule has 0 spiro atoms. The maximum atomic E-state index is 5.50. The molecule has 0 aliphatic carbocycles. The van der Waals surface area contributed by atoms with Gasteiger partial charge in [-0.3, -0.25) is 0 Å². The molecule has 0 saturated carbocycles. The lowest BCUT2D eigenvalue weighted by Gasteiger charge is -2.18. The highest BCUT2D eigenvalue weighted by Crippen LogP contribution is 2.33. The summed E-state index contributed by atoms with van der Waals surface area (Å²) in [7, 11) is 4.05. The molecule has 2 rings (SSSR count). The molecule has 0 aromatic heterocycles. The predicted molar refractivity (Wildman–Crippen MR) is 64.2 cm³/mol. The van der Waals surface area contributed by atoms with Crippen molar-refractivity contribution in [2.75, 3.05) is 19.0 Å². The van der Waals surface area contributed by atoms with Crippen molar-refractivity contribution in [1.29, 1.82) is 0 Å². The van der Waals surface area contributed by atoms with Gasteiger partial charge in [-0.1, -0.05) is 6.08 Å². The summed E-state index contributed by atoms with van der Waals surface area (Å²) >= 11 is 0. The molecule has 0 N–H and O–H groups in total. The Morgan fingerprint density at radius 1 is 1.27 bits per heavy atom. The van der Waals surface area contributed by atoms with Crippen molar-refractivity contribution in [3.63, 3.8) is 0 Å². The maximum absolute atomic E-state index is 5.50. The third-order valence-electron chi connectivity index (χ3n) is 2.55. The van der Waals surface area contributed by atoms with Gasteiger partial charge in [0.25, 0.3) is 0 Å². The SMILES string of the molecule is C/C=C1\C=COc2cc(N(C)C)ccc21. The van der Waals surface area contributed by atoms with E-state index in [1.54, 1.807) is 6.26 Å². The van der Waals surface area contributed by atoms with Gasteiger partial charge in [-0.2, -0.15) is 0 Å². The predicted octanol–water partition coefficient (Wildman–Crippen LogP) is 3.06. The smallest absolute Gasteiger partial charge is 0.136 e. The van der Waals surface area contributed by atoms with Gasteiger partial charge in [0, 0.05) is 31.4 Å². The molecule has 0 saturated heterocycles. The lowest BCUT2D eigenvalue weighted by molar-refractivity contribution is 0.476. The van der Waals surface area contributed by atoms with E-state index in [0.717, 1.165) is 17.0 Å². The van der Waals surface area contributed by atoms with Crippen LogP contribution in [-0.4, -0.2) is 14.1 Å². The third-order valence-corrected chi connectivity index (χ3v) is 2.55. The van der Waals surface area contributed by atoms with Crippen molar-refractivity contribution in [3.05, 3.63) is 42.2 Å². The first-order valence-electron chi connectivity index (χ1n) is 5.03. The fraction of sp³-hybridized carbons (Fsp3) is 0.231. The van der Waals surface area contributed by atoms with Crippen LogP contribution in [0.4, 0.5) is 5.69 Å². The largest absolute Gasteiger partial charge is 0.464 e. The Balaban J connectivity index is 2.48. The molecule has 78 valence electrons. The number of nitrogens with zero attached hydrogens (tertiary/aromatic N) is 1. The minimum Gasteiger partial charge on any atom is -0.464 e. The Morgan fingerprint density at radius 2 is 2.07 bits per heavy atom. The van der Waals surface area contributed by atoms with Gasteiger partial charge < -0.3 is 9.64 Å². The first-order chi connectivity index (χ1) is 7.22. The van der Waals surface area contributed by atoms with Crippen LogP contribution in [0.5, 0.6) is 5.75 Å². The number of ether oxygens (including phenoxy) is 1. The van der Waals surface area contributed by atoms with Crippen molar-refractivity contribution in [2.24, 2.45) is 0 Å². The summed E-state index contributed by atoms with van der Waals surface area (Å²) in [5.74, 6) is 0.928. The van der Waals surface area contributed by atoms with E-state index in [1.807, 2.05) is 27.1 Å². The molecule has 0 amide bonds. The lowest BCUT2D eigenvalue weighted by atomic mass is 10.0. The summed E-state index contributed by atoms with van der Waals surface area (Å²) < 4.78 is 5.50. The van der Waals surface area contributed by atoms with Gasteiger partial charge in [0.2, 0.25) is 0 Å². The number of hydrogen-bond acceptors (Lipinski definition) is 2. The standard InChI is InChI=1S/C13H15NO/c1-4-10-7-8-15-13-9-11(14(2)3)5-6-12(10)13/h4-9H,1-3H3/b10-4+. The van der Waals surface area contributed by atoms with Crippen molar-refractivity contribution < 1.29 is 4.74 Å². The molecular formula is C13H15NO. The van der Waals surface area contributed by atoms with E-state index in [2.05, 4.69) is 29.2 Å². The minimum absolute atomic E-state index is 0.928. The molecule has 1 aliphatic heterocycles. The zero-order chi connectivity index (χ0) is 10.8. The third kappa shape index (κ3) is 1.75. The monoisotopic (exact) mass is 201 g/mol. The summed E-state index contributed by atoms with van der Waals surface area (Å²) in [4.78, 5) is 2.07. The Kier molecular flexibility index (Phi) is 2.50. The van der Waals surface area contributed by atoms with Crippen LogP contribution in [0, 0.1) is 0 Å². The molecule has 0 atom stereocenters. The molecule has 1 aliphatic rings. The highest BCUT2D eigenvalue weighted by atomic mass is 16.5. The molecule has 0 unspecified atom stereocenters. The van der Waals surface area contributed by atoms with Crippen molar-refractivity contribution >= 4 is 11.3 Å². The zero-order valence-electron chi connectivity index (χ0n) is 9.32. The Bertz CT molecular complexity index is 430. The fourth-order valence-electron chi connectivity index (χ4n) is 1.65. The highest BCUT2D eigenvalue weighted by Gasteiger charge is 2.11. The minimum atomic E-state index is 0.928. The highest BCUT2D eigenvalue weighted by molar-refractivity contribution is 5.80. The van der Waals surface area contributed by atoms with Crippen LogP contribution in [0.1, 0.15) is 12.5 Å². The van der Waals surface area contributed by atoms with Crippen molar-refractivity contribution in [3.8, 4) is 5.75 Å². The second-order valence-corrected chi connectivity index (χ2v) is 3.74.